The zero-order valence-electron chi connectivity index (χ0n) is 21.3. The number of hydrogen-bond donors (Lipinski definition) is 1. The molecule has 2 fully saturated rings. The van der Waals surface area contributed by atoms with Crippen molar-refractivity contribution in [3.63, 3.8) is 0 Å². The van der Waals surface area contributed by atoms with Crippen LogP contribution in [-0.2, 0) is 11.8 Å². The van der Waals surface area contributed by atoms with E-state index in [1.165, 1.54) is 6.33 Å². The van der Waals surface area contributed by atoms with Crippen LogP contribution < -0.4 is 15.0 Å². The Balaban J connectivity index is 1.11. The molecule has 0 bridgehead atoms. The van der Waals surface area contributed by atoms with Crippen molar-refractivity contribution in [2.75, 3.05) is 49.6 Å². The lowest BCUT2D eigenvalue weighted by atomic mass is 10.1. The van der Waals surface area contributed by atoms with E-state index in [9.17, 15) is 0 Å². The van der Waals surface area contributed by atoms with Gasteiger partial charge in [0.25, 0.3) is 0 Å². The Morgan fingerprint density at radius 3 is 2.90 bits per heavy atom. The summed E-state index contributed by atoms with van der Waals surface area (Å²) in [6, 6.07) is 11.6. The molecule has 2 aliphatic rings. The maximum absolute atomic E-state index is 6.60. The molecule has 5 heterocycles. The number of halogens is 1. The average Bonchev–Trinajstić information content (AvgIpc) is 3.34. The van der Waals surface area contributed by atoms with Crippen LogP contribution in [0.3, 0.4) is 0 Å². The molecular formula is C27H26ClN9O2. The van der Waals surface area contributed by atoms with E-state index < -0.39 is 0 Å². The maximum atomic E-state index is 6.60. The minimum Gasteiger partial charge on any atom is -0.456 e. The lowest BCUT2D eigenvalue weighted by molar-refractivity contribution is -0.0118. The predicted molar refractivity (Wildman–Crippen MR) is 149 cm³/mol. The molecule has 198 valence electrons. The van der Waals surface area contributed by atoms with Crippen molar-refractivity contribution in [3.8, 4) is 11.5 Å². The molecular weight excluding hydrogens is 518 g/mol. The van der Waals surface area contributed by atoms with E-state index in [1.54, 1.807) is 18.6 Å². The van der Waals surface area contributed by atoms with Gasteiger partial charge < -0.3 is 24.3 Å². The fourth-order valence-corrected chi connectivity index (χ4v) is 5.34. The third-order valence-electron chi connectivity index (χ3n) is 7.20. The number of piperazine rings is 1. The summed E-state index contributed by atoms with van der Waals surface area (Å²) in [4.78, 5) is 27.3. The summed E-state index contributed by atoms with van der Waals surface area (Å²) < 4.78 is 13.7. The van der Waals surface area contributed by atoms with E-state index >= 15 is 0 Å². The van der Waals surface area contributed by atoms with Gasteiger partial charge in [0.1, 0.15) is 28.9 Å². The number of hydrogen-bond acceptors (Lipinski definition) is 10. The normalized spacial score (nSPS) is 17.9. The monoisotopic (exact) mass is 543 g/mol. The predicted octanol–water partition coefficient (Wildman–Crippen LogP) is 4.02. The molecule has 1 N–H and O–H groups in total. The molecule has 39 heavy (non-hydrogen) atoms. The molecule has 0 spiro atoms. The number of aryl methyl sites for hydroxylation is 1. The summed E-state index contributed by atoms with van der Waals surface area (Å²) in [6.07, 6.45) is 5.02. The van der Waals surface area contributed by atoms with E-state index in [4.69, 9.17) is 26.1 Å². The van der Waals surface area contributed by atoms with Crippen LogP contribution in [0.5, 0.6) is 11.5 Å². The zero-order valence-corrected chi connectivity index (χ0v) is 22.0. The van der Waals surface area contributed by atoms with Crippen LogP contribution in [0, 0.1) is 0 Å². The molecule has 3 aromatic heterocycles. The van der Waals surface area contributed by atoms with Crippen LogP contribution in [0.2, 0.25) is 5.02 Å². The van der Waals surface area contributed by atoms with E-state index in [0.717, 1.165) is 56.1 Å². The van der Waals surface area contributed by atoms with Crippen LogP contribution in [0.1, 0.15) is 0 Å². The molecule has 1 atom stereocenters. The SMILES string of the molecule is Cn1cnc2cc(Oc3ccc(Nc4ncnc5cnc(N6CCN7CCOC[C@@H]7C6)nc45)cc3Cl)ccc21. The fourth-order valence-electron chi connectivity index (χ4n) is 5.12. The van der Waals surface area contributed by atoms with Crippen LogP contribution in [0.4, 0.5) is 17.5 Å². The molecule has 0 saturated carbocycles. The molecule has 12 heteroatoms. The van der Waals surface area contributed by atoms with Crippen molar-refractivity contribution in [2.24, 2.45) is 7.05 Å². The summed E-state index contributed by atoms with van der Waals surface area (Å²) in [5, 5.41) is 3.80. The lowest BCUT2D eigenvalue weighted by Gasteiger charge is -2.43. The third kappa shape index (κ3) is 4.69. The van der Waals surface area contributed by atoms with Gasteiger partial charge >= 0.3 is 0 Å². The minimum atomic E-state index is 0.352. The van der Waals surface area contributed by atoms with Crippen LogP contribution in [0.15, 0.2) is 55.2 Å². The van der Waals surface area contributed by atoms with Crippen molar-refractivity contribution in [1.29, 1.82) is 0 Å². The van der Waals surface area contributed by atoms with E-state index in [2.05, 4.69) is 35.1 Å². The quantitative estimate of drug-likeness (QED) is 0.349. The average molecular weight is 544 g/mol. The van der Waals surface area contributed by atoms with Gasteiger partial charge in [-0.2, -0.15) is 0 Å². The minimum absolute atomic E-state index is 0.352. The first kappa shape index (κ1) is 24.0. The highest BCUT2D eigenvalue weighted by Gasteiger charge is 2.30. The van der Waals surface area contributed by atoms with E-state index in [0.29, 0.717) is 45.4 Å². The lowest BCUT2D eigenvalue weighted by Crippen LogP contribution is -2.58. The number of aromatic nitrogens is 6. The molecule has 0 radical (unpaired) electrons. The van der Waals surface area contributed by atoms with Gasteiger partial charge in [-0.05, 0) is 30.3 Å². The third-order valence-corrected chi connectivity index (χ3v) is 7.50. The largest absolute Gasteiger partial charge is 0.456 e. The molecule has 0 aliphatic carbocycles. The summed E-state index contributed by atoms with van der Waals surface area (Å²) in [6.45, 7) is 5.17. The smallest absolute Gasteiger partial charge is 0.226 e. The molecule has 11 nitrogen and oxygen atoms in total. The summed E-state index contributed by atoms with van der Waals surface area (Å²) in [7, 11) is 1.96. The Morgan fingerprint density at radius 2 is 1.97 bits per heavy atom. The number of imidazole rings is 1. The summed E-state index contributed by atoms with van der Waals surface area (Å²) >= 11 is 6.60. The number of benzene rings is 2. The van der Waals surface area contributed by atoms with Crippen molar-refractivity contribution >= 4 is 51.1 Å². The first-order valence-corrected chi connectivity index (χ1v) is 13.2. The van der Waals surface area contributed by atoms with Gasteiger partial charge in [0.05, 0.1) is 47.8 Å². The van der Waals surface area contributed by atoms with Gasteiger partial charge in [-0.1, -0.05) is 11.6 Å². The zero-order chi connectivity index (χ0) is 26.3. The van der Waals surface area contributed by atoms with Crippen LogP contribution >= 0.6 is 11.6 Å². The Kier molecular flexibility index (Phi) is 6.11. The fraction of sp³-hybridized carbons (Fsp3) is 0.296. The van der Waals surface area contributed by atoms with Crippen molar-refractivity contribution < 1.29 is 9.47 Å². The van der Waals surface area contributed by atoms with Gasteiger partial charge in [-0.3, -0.25) is 4.90 Å². The van der Waals surface area contributed by atoms with Gasteiger partial charge in [0.2, 0.25) is 5.95 Å². The van der Waals surface area contributed by atoms with Gasteiger partial charge in [-0.15, -0.1) is 0 Å². The number of nitrogens with one attached hydrogen (secondary N) is 1. The number of anilines is 3. The van der Waals surface area contributed by atoms with Crippen molar-refractivity contribution in [1.82, 2.24) is 34.4 Å². The van der Waals surface area contributed by atoms with E-state index in [1.807, 2.05) is 41.9 Å². The Bertz CT molecular complexity index is 1680. The number of rotatable bonds is 5. The first-order chi connectivity index (χ1) is 19.1. The highest BCUT2D eigenvalue weighted by Crippen LogP contribution is 2.34. The standard InChI is InChI=1S/C27H26ClN9O2/c1-35-16-32-21-11-19(3-4-23(21)35)39-24-5-2-17(10-20(24)28)33-26-25-22(30-15-31-26)12-29-27(34-25)37-7-6-36-8-9-38-14-18(36)13-37/h2-5,10-12,15-16,18H,6-9,13-14H2,1H3,(H,30,31,33)/t18-/m0/s1. The summed E-state index contributed by atoms with van der Waals surface area (Å²) in [5.74, 6) is 2.45. The molecule has 2 aromatic carbocycles. The first-order valence-electron chi connectivity index (χ1n) is 12.8. The Labute approximate surface area is 229 Å². The van der Waals surface area contributed by atoms with Crippen LogP contribution in [-0.4, -0.2) is 79.8 Å². The number of ether oxygens (including phenoxy) is 2. The Hall–Kier alpha value is -4.06. The molecule has 0 unspecified atom stereocenters. The molecule has 7 rings (SSSR count). The second-order valence-corrected chi connectivity index (χ2v) is 10.1. The molecule has 2 aliphatic heterocycles. The Morgan fingerprint density at radius 1 is 1.03 bits per heavy atom. The van der Waals surface area contributed by atoms with Gasteiger partial charge in [0, 0.05) is 45.0 Å². The molecule has 0 amide bonds. The number of morpholine rings is 1. The summed E-state index contributed by atoms with van der Waals surface area (Å²) in [5.41, 5.74) is 3.94. The van der Waals surface area contributed by atoms with Crippen molar-refractivity contribution in [2.45, 2.75) is 6.04 Å². The molecule has 2 saturated heterocycles. The van der Waals surface area contributed by atoms with Crippen molar-refractivity contribution in [3.05, 3.63) is 60.3 Å². The van der Waals surface area contributed by atoms with Gasteiger partial charge in [-0.25, -0.2) is 24.9 Å². The highest BCUT2D eigenvalue weighted by atomic mass is 35.5. The number of fused-ring (bicyclic) bond motifs is 3. The van der Waals surface area contributed by atoms with Gasteiger partial charge in [0.15, 0.2) is 5.82 Å². The van der Waals surface area contributed by atoms with E-state index in [-0.39, 0.29) is 0 Å². The molecule has 5 aromatic rings. The second-order valence-electron chi connectivity index (χ2n) is 9.72. The highest BCUT2D eigenvalue weighted by molar-refractivity contribution is 6.32. The van der Waals surface area contributed by atoms with Crippen LogP contribution in [0.25, 0.3) is 22.1 Å². The maximum Gasteiger partial charge on any atom is 0.226 e. The number of nitrogens with zero attached hydrogens (tertiary/aromatic N) is 8. The topological polar surface area (TPSA) is 106 Å². The second kappa shape index (κ2) is 9.92.